The molecule has 2 heterocycles. The minimum atomic E-state index is -3.96. The minimum Gasteiger partial charge on any atom is -0.457 e. The summed E-state index contributed by atoms with van der Waals surface area (Å²) in [7, 11) is -3.96. The molecular formula is C28H21N3O5S2. The lowest BCUT2D eigenvalue weighted by Crippen LogP contribution is -2.54. The van der Waals surface area contributed by atoms with Crippen molar-refractivity contribution in [2.24, 2.45) is 0 Å². The van der Waals surface area contributed by atoms with E-state index < -0.39 is 21.8 Å². The molecule has 2 amide bonds. The van der Waals surface area contributed by atoms with Gasteiger partial charge in [0.15, 0.2) is 5.11 Å². The fourth-order valence-electron chi connectivity index (χ4n) is 3.86. The van der Waals surface area contributed by atoms with E-state index in [-0.39, 0.29) is 21.3 Å². The molecule has 0 unspecified atom stereocenters. The molecule has 0 aliphatic carbocycles. The highest BCUT2D eigenvalue weighted by Gasteiger charge is 2.35. The van der Waals surface area contributed by atoms with Gasteiger partial charge in [0.1, 0.15) is 17.1 Å². The lowest BCUT2D eigenvalue weighted by Gasteiger charge is -2.29. The number of carbonyl (C=O) groups excluding carboxylic acids is 2. The Balaban J connectivity index is 1.45. The highest BCUT2D eigenvalue weighted by molar-refractivity contribution is 7.90. The average molecular weight is 544 g/mol. The number of amides is 2. The van der Waals surface area contributed by atoms with Crippen LogP contribution in [0.1, 0.15) is 11.3 Å². The molecule has 0 radical (unpaired) electrons. The molecule has 10 heteroatoms. The highest BCUT2D eigenvalue weighted by Crippen LogP contribution is 2.27. The second kappa shape index (κ2) is 10.1. The second-order valence-electron chi connectivity index (χ2n) is 8.41. The Morgan fingerprint density at radius 2 is 1.50 bits per heavy atom. The molecule has 8 nitrogen and oxygen atoms in total. The topological polar surface area (TPSA) is 97.7 Å². The van der Waals surface area contributed by atoms with Gasteiger partial charge in [-0.1, -0.05) is 35.9 Å². The first-order valence-electron chi connectivity index (χ1n) is 11.5. The maximum Gasteiger partial charge on any atom is 0.270 e. The molecule has 1 aliphatic heterocycles. The number of thiocarbonyl (C=S) groups is 1. The van der Waals surface area contributed by atoms with Crippen LogP contribution in [-0.4, -0.2) is 29.3 Å². The van der Waals surface area contributed by atoms with Crippen molar-refractivity contribution in [3.63, 3.8) is 0 Å². The summed E-state index contributed by atoms with van der Waals surface area (Å²) >= 11 is 5.27. The van der Waals surface area contributed by atoms with Gasteiger partial charge in [0.25, 0.3) is 21.8 Å². The van der Waals surface area contributed by atoms with Crippen LogP contribution in [0.4, 0.5) is 5.69 Å². The first kappa shape index (κ1) is 25.1. The van der Waals surface area contributed by atoms with Crippen molar-refractivity contribution in [3.05, 3.63) is 114 Å². The van der Waals surface area contributed by atoms with Crippen LogP contribution in [0, 0.1) is 6.92 Å². The number of benzene rings is 3. The first-order valence-corrected chi connectivity index (χ1v) is 13.3. The maximum atomic E-state index is 13.4. The van der Waals surface area contributed by atoms with Gasteiger partial charge in [-0.25, -0.2) is 12.4 Å². The summed E-state index contributed by atoms with van der Waals surface area (Å²) in [5.41, 5.74) is 1.21. The number of anilines is 1. The zero-order chi connectivity index (χ0) is 26.9. The third kappa shape index (κ3) is 4.86. The van der Waals surface area contributed by atoms with Crippen LogP contribution in [0.25, 0.3) is 6.08 Å². The molecule has 0 saturated carbocycles. The lowest BCUT2D eigenvalue weighted by molar-refractivity contribution is -0.122. The van der Waals surface area contributed by atoms with Crippen molar-refractivity contribution in [1.29, 1.82) is 0 Å². The second-order valence-corrected chi connectivity index (χ2v) is 10.6. The standard InChI is InChI=1S/C28H21N3O5S2/c1-19-9-15-24(16-10-19)38(34,35)30-17-5-6-21(30)18-25-26(32)29-28(37)31(27(25)33)20-11-13-23(14-12-20)36-22-7-3-2-4-8-22/h2-18H,1H3,(H,29,32,37). The molecule has 38 heavy (non-hydrogen) atoms. The lowest BCUT2D eigenvalue weighted by atomic mass is 10.1. The van der Waals surface area contributed by atoms with Crippen LogP contribution in [0.2, 0.25) is 0 Å². The van der Waals surface area contributed by atoms with Gasteiger partial charge in [0.2, 0.25) is 0 Å². The zero-order valence-corrected chi connectivity index (χ0v) is 21.7. The summed E-state index contributed by atoms with van der Waals surface area (Å²) in [6, 6.07) is 25.3. The van der Waals surface area contributed by atoms with Crippen molar-refractivity contribution in [3.8, 4) is 11.5 Å². The van der Waals surface area contributed by atoms with Crippen LogP contribution in [0.5, 0.6) is 11.5 Å². The predicted molar refractivity (Wildman–Crippen MR) is 147 cm³/mol. The van der Waals surface area contributed by atoms with Crippen molar-refractivity contribution < 1.29 is 22.7 Å². The quantitative estimate of drug-likeness (QED) is 0.216. The monoisotopic (exact) mass is 543 g/mol. The Hall–Kier alpha value is -4.54. The normalized spacial score (nSPS) is 15.0. The number of para-hydroxylation sites is 1. The Morgan fingerprint density at radius 3 is 2.18 bits per heavy atom. The minimum absolute atomic E-state index is 0.0824. The highest BCUT2D eigenvalue weighted by atomic mass is 32.2. The van der Waals surface area contributed by atoms with Gasteiger partial charge in [-0.15, -0.1) is 0 Å². The molecule has 1 fully saturated rings. The molecule has 4 aromatic rings. The van der Waals surface area contributed by atoms with Crippen LogP contribution < -0.4 is 15.0 Å². The molecule has 1 aromatic heterocycles. The van der Waals surface area contributed by atoms with Gasteiger partial charge >= 0.3 is 0 Å². The van der Waals surface area contributed by atoms with Gasteiger partial charge in [0.05, 0.1) is 16.3 Å². The fraction of sp³-hybridized carbons (Fsp3) is 0.0357. The van der Waals surface area contributed by atoms with Crippen molar-refractivity contribution in [2.45, 2.75) is 11.8 Å². The number of hydrogen-bond donors (Lipinski definition) is 1. The zero-order valence-electron chi connectivity index (χ0n) is 20.1. The SMILES string of the molecule is Cc1ccc(S(=O)(=O)n2cccc2C=C2C(=O)NC(=S)N(c3ccc(Oc4ccccc4)cc3)C2=O)cc1. The van der Waals surface area contributed by atoms with Gasteiger partial charge < -0.3 is 4.74 Å². The number of nitrogens with zero attached hydrogens (tertiary/aromatic N) is 2. The van der Waals surface area contributed by atoms with E-state index in [9.17, 15) is 18.0 Å². The van der Waals surface area contributed by atoms with Crippen LogP contribution in [0.3, 0.4) is 0 Å². The summed E-state index contributed by atoms with van der Waals surface area (Å²) in [6.07, 6.45) is 2.60. The third-order valence-electron chi connectivity index (χ3n) is 5.79. The molecule has 1 saturated heterocycles. The van der Waals surface area contributed by atoms with E-state index in [4.69, 9.17) is 17.0 Å². The number of nitrogens with one attached hydrogen (secondary N) is 1. The molecule has 1 N–H and O–H groups in total. The Morgan fingerprint density at radius 1 is 0.842 bits per heavy atom. The number of hydrogen-bond acceptors (Lipinski definition) is 6. The third-order valence-corrected chi connectivity index (χ3v) is 7.79. The Kier molecular flexibility index (Phi) is 6.66. The average Bonchev–Trinajstić information content (AvgIpc) is 3.38. The Labute approximate surface area is 224 Å². The van der Waals surface area contributed by atoms with E-state index in [1.54, 1.807) is 36.4 Å². The smallest absolute Gasteiger partial charge is 0.270 e. The molecule has 0 atom stereocenters. The van der Waals surface area contributed by atoms with E-state index in [1.807, 2.05) is 37.3 Å². The summed E-state index contributed by atoms with van der Waals surface area (Å²) in [5.74, 6) is -0.197. The maximum absolute atomic E-state index is 13.4. The largest absolute Gasteiger partial charge is 0.457 e. The molecule has 190 valence electrons. The number of aryl methyl sites for hydroxylation is 1. The van der Waals surface area contributed by atoms with Crippen LogP contribution >= 0.6 is 12.2 Å². The molecule has 3 aromatic carbocycles. The van der Waals surface area contributed by atoms with E-state index in [0.717, 1.165) is 9.54 Å². The van der Waals surface area contributed by atoms with Crippen LogP contribution in [-0.2, 0) is 19.6 Å². The summed E-state index contributed by atoms with van der Waals surface area (Å²) < 4.78 is 33.3. The molecule has 0 spiro atoms. The number of rotatable bonds is 6. The number of ether oxygens (including phenoxy) is 1. The number of carbonyl (C=O) groups is 2. The van der Waals surface area contributed by atoms with Crippen molar-refractivity contribution in [1.82, 2.24) is 9.29 Å². The molecule has 5 rings (SSSR count). The predicted octanol–water partition coefficient (Wildman–Crippen LogP) is 4.66. The fourth-order valence-corrected chi connectivity index (χ4v) is 5.47. The van der Waals surface area contributed by atoms with Gasteiger partial charge in [-0.3, -0.25) is 19.8 Å². The van der Waals surface area contributed by atoms with Crippen LogP contribution in [0.15, 0.2) is 108 Å². The Bertz CT molecular complexity index is 1670. The van der Waals surface area contributed by atoms with Crippen molar-refractivity contribution >= 4 is 50.9 Å². The van der Waals surface area contributed by atoms with E-state index >= 15 is 0 Å². The van der Waals surface area contributed by atoms with E-state index in [2.05, 4.69) is 5.32 Å². The van der Waals surface area contributed by atoms with Gasteiger partial charge in [-0.05, 0) is 85.9 Å². The summed E-state index contributed by atoms with van der Waals surface area (Å²) in [5, 5.41) is 2.42. The van der Waals surface area contributed by atoms with Crippen molar-refractivity contribution in [2.75, 3.05) is 4.90 Å². The first-order chi connectivity index (χ1) is 18.2. The van der Waals surface area contributed by atoms with Gasteiger partial charge in [-0.2, -0.15) is 0 Å². The van der Waals surface area contributed by atoms with E-state index in [1.165, 1.54) is 41.4 Å². The van der Waals surface area contributed by atoms with Gasteiger partial charge in [0, 0.05) is 6.20 Å². The summed E-state index contributed by atoms with van der Waals surface area (Å²) in [6.45, 7) is 1.86. The molecule has 1 aliphatic rings. The molecular weight excluding hydrogens is 522 g/mol. The van der Waals surface area contributed by atoms with E-state index in [0.29, 0.717) is 17.2 Å². The molecule has 0 bridgehead atoms. The summed E-state index contributed by atoms with van der Waals surface area (Å²) in [4.78, 5) is 27.4. The number of aromatic nitrogens is 1.